The number of nitrogens with one attached hydrogen (secondary N) is 1. The van der Waals surface area contributed by atoms with E-state index in [1.807, 2.05) is 6.92 Å². The molecule has 1 amide bonds. The molecule has 2 saturated heterocycles. The Morgan fingerprint density at radius 2 is 1.95 bits per heavy atom. The molecule has 4 heteroatoms. The Kier molecular flexibility index (Phi) is 4.21. The van der Waals surface area contributed by atoms with Crippen molar-refractivity contribution < 1.29 is 9.53 Å². The minimum atomic E-state index is -0.373. The van der Waals surface area contributed by atoms with Gasteiger partial charge in [-0.15, -0.1) is 0 Å². The van der Waals surface area contributed by atoms with Gasteiger partial charge in [-0.25, -0.2) is 0 Å². The minimum absolute atomic E-state index is 0.192. The average molecular weight is 268 g/mol. The molecule has 0 aromatic heterocycles. The number of carbonyl (C=O) groups is 1. The fourth-order valence-corrected chi connectivity index (χ4v) is 3.16. The SMILES string of the molecule is CCC1NC(C)(CC)C(=O)N1CC1(C)CCOCC1. The van der Waals surface area contributed by atoms with Crippen molar-refractivity contribution in [2.45, 2.75) is 65.1 Å². The lowest BCUT2D eigenvalue weighted by Crippen LogP contribution is -2.46. The molecule has 2 aliphatic rings. The first kappa shape index (κ1) is 14.8. The Balaban J connectivity index is 2.11. The van der Waals surface area contributed by atoms with Crippen LogP contribution in [-0.2, 0) is 9.53 Å². The molecule has 0 bridgehead atoms. The van der Waals surface area contributed by atoms with Crippen molar-refractivity contribution in [1.82, 2.24) is 10.2 Å². The Morgan fingerprint density at radius 3 is 2.47 bits per heavy atom. The summed E-state index contributed by atoms with van der Waals surface area (Å²) in [5, 5.41) is 3.52. The van der Waals surface area contributed by atoms with Crippen LogP contribution < -0.4 is 5.32 Å². The number of hydrogen-bond donors (Lipinski definition) is 1. The van der Waals surface area contributed by atoms with Crippen molar-refractivity contribution in [3.63, 3.8) is 0 Å². The first-order valence-electron chi connectivity index (χ1n) is 7.60. The van der Waals surface area contributed by atoms with E-state index in [4.69, 9.17) is 4.74 Å². The summed E-state index contributed by atoms with van der Waals surface area (Å²) in [4.78, 5) is 14.8. The predicted molar refractivity (Wildman–Crippen MR) is 75.8 cm³/mol. The minimum Gasteiger partial charge on any atom is -0.381 e. The van der Waals surface area contributed by atoms with Gasteiger partial charge in [0.25, 0.3) is 0 Å². The average Bonchev–Trinajstić information content (AvgIpc) is 2.64. The van der Waals surface area contributed by atoms with Gasteiger partial charge in [0.15, 0.2) is 0 Å². The number of rotatable bonds is 4. The topological polar surface area (TPSA) is 41.6 Å². The molecule has 0 aliphatic carbocycles. The maximum atomic E-state index is 12.7. The van der Waals surface area contributed by atoms with E-state index in [1.54, 1.807) is 0 Å². The third-order valence-corrected chi connectivity index (χ3v) is 4.94. The normalized spacial score (nSPS) is 34.8. The summed E-state index contributed by atoms with van der Waals surface area (Å²) in [6.07, 6.45) is 4.11. The van der Waals surface area contributed by atoms with Crippen LogP contribution >= 0.6 is 0 Å². The van der Waals surface area contributed by atoms with E-state index in [9.17, 15) is 4.79 Å². The van der Waals surface area contributed by atoms with Crippen molar-refractivity contribution in [1.29, 1.82) is 0 Å². The highest BCUT2D eigenvalue weighted by molar-refractivity contribution is 5.88. The molecular weight excluding hydrogens is 240 g/mol. The van der Waals surface area contributed by atoms with Crippen LogP contribution in [0.3, 0.4) is 0 Å². The predicted octanol–water partition coefficient (Wildman–Crippen LogP) is 2.14. The van der Waals surface area contributed by atoms with Crippen molar-refractivity contribution >= 4 is 5.91 Å². The fourth-order valence-electron chi connectivity index (χ4n) is 3.16. The van der Waals surface area contributed by atoms with E-state index >= 15 is 0 Å². The Hall–Kier alpha value is -0.610. The number of amides is 1. The molecule has 0 aromatic carbocycles. The molecule has 1 N–H and O–H groups in total. The molecule has 2 rings (SSSR count). The van der Waals surface area contributed by atoms with Crippen molar-refractivity contribution in [3.8, 4) is 0 Å². The smallest absolute Gasteiger partial charge is 0.243 e. The third-order valence-electron chi connectivity index (χ3n) is 4.94. The van der Waals surface area contributed by atoms with Crippen LogP contribution in [0.4, 0.5) is 0 Å². The quantitative estimate of drug-likeness (QED) is 0.849. The van der Waals surface area contributed by atoms with Crippen molar-refractivity contribution in [2.75, 3.05) is 19.8 Å². The lowest BCUT2D eigenvalue weighted by atomic mass is 9.81. The molecule has 110 valence electrons. The first-order valence-corrected chi connectivity index (χ1v) is 7.60. The Morgan fingerprint density at radius 1 is 1.32 bits per heavy atom. The van der Waals surface area contributed by atoms with E-state index in [2.05, 4.69) is 31.0 Å². The molecule has 0 radical (unpaired) electrons. The van der Waals surface area contributed by atoms with E-state index in [1.165, 1.54) is 0 Å². The molecule has 0 saturated carbocycles. The molecule has 2 heterocycles. The van der Waals surface area contributed by atoms with Gasteiger partial charge in [0.05, 0.1) is 11.7 Å². The van der Waals surface area contributed by atoms with Crippen molar-refractivity contribution in [2.24, 2.45) is 5.41 Å². The summed E-state index contributed by atoms with van der Waals surface area (Å²) < 4.78 is 5.45. The summed E-state index contributed by atoms with van der Waals surface area (Å²) in [5.74, 6) is 0.273. The van der Waals surface area contributed by atoms with Crippen molar-refractivity contribution in [3.05, 3.63) is 0 Å². The first-order chi connectivity index (χ1) is 8.94. The lowest BCUT2D eigenvalue weighted by molar-refractivity contribution is -0.135. The zero-order chi connectivity index (χ0) is 14.1. The van der Waals surface area contributed by atoms with Crippen LogP contribution in [0.5, 0.6) is 0 Å². The molecule has 0 spiro atoms. The maximum absolute atomic E-state index is 12.7. The molecular formula is C15H28N2O2. The molecule has 2 fully saturated rings. The molecule has 2 aliphatic heterocycles. The second-order valence-electron chi connectivity index (χ2n) is 6.61. The van der Waals surface area contributed by atoms with Gasteiger partial charge in [0, 0.05) is 19.8 Å². The van der Waals surface area contributed by atoms with Gasteiger partial charge in [-0.1, -0.05) is 20.8 Å². The van der Waals surface area contributed by atoms with Crippen LogP contribution in [0, 0.1) is 5.41 Å². The Labute approximate surface area is 116 Å². The maximum Gasteiger partial charge on any atom is 0.243 e. The summed E-state index contributed by atoms with van der Waals surface area (Å²) in [5.41, 5.74) is -0.162. The fraction of sp³-hybridized carbons (Fsp3) is 0.933. The number of nitrogens with zero attached hydrogens (tertiary/aromatic N) is 1. The van der Waals surface area contributed by atoms with Crippen LogP contribution in [0.25, 0.3) is 0 Å². The zero-order valence-electron chi connectivity index (χ0n) is 12.8. The molecule has 0 aromatic rings. The highest BCUT2D eigenvalue weighted by Crippen LogP contribution is 2.34. The van der Waals surface area contributed by atoms with Gasteiger partial charge < -0.3 is 9.64 Å². The van der Waals surface area contributed by atoms with Gasteiger partial charge in [-0.3, -0.25) is 10.1 Å². The van der Waals surface area contributed by atoms with E-state index in [-0.39, 0.29) is 23.0 Å². The molecule has 2 unspecified atom stereocenters. The summed E-state index contributed by atoms with van der Waals surface area (Å²) in [7, 11) is 0. The lowest BCUT2D eigenvalue weighted by Gasteiger charge is -2.38. The highest BCUT2D eigenvalue weighted by atomic mass is 16.5. The van der Waals surface area contributed by atoms with Gasteiger partial charge >= 0.3 is 0 Å². The van der Waals surface area contributed by atoms with Crippen LogP contribution in [0.1, 0.15) is 53.4 Å². The van der Waals surface area contributed by atoms with E-state index in [0.29, 0.717) is 0 Å². The summed E-state index contributed by atoms with van der Waals surface area (Å²) >= 11 is 0. The molecule has 4 nitrogen and oxygen atoms in total. The summed E-state index contributed by atoms with van der Waals surface area (Å²) in [6.45, 7) is 11.1. The Bertz CT molecular complexity index is 339. The number of ether oxygens (including phenoxy) is 1. The van der Waals surface area contributed by atoms with Crippen LogP contribution in [-0.4, -0.2) is 42.3 Å². The number of carbonyl (C=O) groups excluding carboxylic acids is 1. The van der Waals surface area contributed by atoms with Gasteiger partial charge in [0.2, 0.25) is 5.91 Å². The third kappa shape index (κ3) is 2.79. The summed E-state index contributed by atoms with van der Waals surface area (Å²) in [6, 6.07) is 0. The van der Waals surface area contributed by atoms with Gasteiger partial charge in [0.1, 0.15) is 0 Å². The second kappa shape index (κ2) is 5.41. The molecule has 2 atom stereocenters. The van der Waals surface area contributed by atoms with Crippen LogP contribution in [0.15, 0.2) is 0 Å². The van der Waals surface area contributed by atoms with E-state index in [0.717, 1.165) is 45.4 Å². The van der Waals surface area contributed by atoms with Gasteiger partial charge in [-0.05, 0) is 38.0 Å². The molecule has 19 heavy (non-hydrogen) atoms. The van der Waals surface area contributed by atoms with Gasteiger partial charge in [-0.2, -0.15) is 0 Å². The largest absolute Gasteiger partial charge is 0.381 e. The highest BCUT2D eigenvalue weighted by Gasteiger charge is 2.47. The number of hydrogen-bond acceptors (Lipinski definition) is 3. The van der Waals surface area contributed by atoms with E-state index < -0.39 is 0 Å². The van der Waals surface area contributed by atoms with Crippen LogP contribution in [0.2, 0.25) is 0 Å². The second-order valence-corrected chi connectivity index (χ2v) is 6.61. The zero-order valence-corrected chi connectivity index (χ0v) is 12.8. The standard InChI is InChI=1S/C15H28N2O2/c1-5-12-16-15(4,6-2)13(18)17(12)11-14(3)7-9-19-10-8-14/h12,16H,5-11H2,1-4H3. The monoisotopic (exact) mass is 268 g/mol.